The van der Waals surface area contributed by atoms with Crippen LogP contribution in [0.2, 0.25) is 0 Å². The van der Waals surface area contributed by atoms with E-state index in [1.54, 1.807) is 0 Å². The number of halogens is 1. The molecule has 0 aromatic rings. The van der Waals surface area contributed by atoms with Gasteiger partial charge in [-0.3, -0.25) is 0 Å². The Hall–Kier alpha value is 0.210. The molecule has 1 heteroatoms. The second-order valence-electron chi connectivity index (χ2n) is 1.07. The predicted molar refractivity (Wildman–Crippen MR) is 30.1 cm³/mol. The molecular weight excluding hydrogens is 199 g/mol. The summed E-state index contributed by atoms with van der Waals surface area (Å²) in [6.45, 7) is 7.25. The fourth-order valence-corrected chi connectivity index (χ4v) is 1.46. The number of hydrogen-bond donors (Lipinski definition) is 0. The van der Waals surface area contributed by atoms with Crippen molar-refractivity contribution in [3.8, 4) is 0 Å². The van der Waals surface area contributed by atoms with Crippen molar-refractivity contribution in [2.45, 2.75) is 0 Å². The Bertz CT molecular complexity index is 49.2. The van der Waals surface area contributed by atoms with E-state index in [0.29, 0.717) is 21.2 Å². The number of allylic oxidation sites excluding steroid dienone is 2. The molecule has 0 aromatic heterocycles. The molecule has 0 radical (unpaired) electrons. The van der Waals surface area contributed by atoms with Gasteiger partial charge < -0.3 is 0 Å². The van der Waals surface area contributed by atoms with Crippen LogP contribution in [0, 0.1) is 0 Å². The molecule has 0 aliphatic rings. The molecular formula is C6H10I-. The molecule has 0 saturated heterocycles. The van der Waals surface area contributed by atoms with E-state index < -0.39 is 0 Å². The van der Waals surface area contributed by atoms with Crippen LogP contribution >= 0.6 is 0 Å². The van der Waals surface area contributed by atoms with Crippen molar-refractivity contribution >= 4 is 0 Å². The summed E-state index contributed by atoms with van der Waals surface area (Å²) in [6.07, 6.45) is 3.97. The molecule has 0 saturated carbocycles. The third-order valence-corrected chi connectivity index (χ3v) is 2.93. The Morgan fingerprint density at radius 1 is 1.14 bits per heavy atom. The third kappa shape index (κ3) is 6.21. The number of rotatable bonds is 4. The average Bonchev–Trinajstić information content (AvgIpc) is 1.69. The third-order valence-electron chi connectivity index (χ3n) is 0.436. The molecule has 0 aromatic carbocycles. The predicted octanol–water partition coefficient (Wildman–Crippen LogP) is -1.55. The molecule has 0 rings (SSSR count). The van der Waals surface area contributed by atoms with Crippen LogP contribution in [0.4, 0.5) is 0 Å². The molecule has 7 heavy (non-hydrogen) atoms. The van der Waals surface area contributed by atoms with E-state index in [1.165, 1.54) is 8.86 Å². The molecule has 0 amide bonds. The van der Waals surface area contributed by atoms with Crippen LogP contribution in [0.25, 0.3) is 0 Å². The van der Waals surface area contributed by atoms with Gasteiger partial charge in [0.25, 0.3) is 0 Å². The summed E-state index contributed by atoms with van der Waals surface area (Å²) in [5, 5.41) is 0. The first-order chi connectivity index (χ1) is 3.41. The molecule has 0 aliphatic carbocycles. The second kappa shape index (κ2) is 6.21. The number of alkyl halides is 2. The van der Waals surface area contributed by atoms with Gasteiger partial charge >= 0.3 is 55.4 Å². The van der Waals surface area contributed by atoms with Gasteiger partial charge in [0.1, 0.15) is 0 Å². The van der Waals surface area contributed by atoms with E-state index in [9.17, 15) is 0 Å². The van der Waals surface area contributed by atoms with Gasteiger partial charge in [-0.1, -0.05) is 0 Å². The molecule has 0 N–H and O–H groups in total. The molecule has 0 fully saturated rings. The Morgan fingerprint density at radius 3 is 1.86 bits per heavy atom. The fourth-order valence-electron chi connectivity index (χ4n) is 0.217. The van der Waals surface area contributed by atoms with Gasteiger partial charge in [-0.2, -0.15) is 0 Å². The summed E-state index contributed by atoms with van der Waals surface area (Å²) in [7, 11) is 0. The van der Waals surface area contributed by atoms with Gasteiger partial charge in [0.05, 0.1) is 0 Å². The van der Waals surface area contributed by atoms with E-state index >= 15 is 0 Å². The van der Waals surface area contributed by atoms with E-state index in [1.807, 2.05) is 12.2 Å². The quantitative estimate of drug-likeness (QED) is 0.227. The molecule has 0 heterocycles. The first-order valence-electron chi connectivity index (χ1n) is 2.17. The zero-order valence-corrected chi connectivity index (χ0v) is 6.52. The standard InChI is InChI=1S/C6H10I/c1-3-5-7-6-4-2/h3-4H,1-2,5-6H2/q-1. The van der Waals surface area contributed by atoms with Crippen molar-refractivity contribution < 1.29 is 21.2 Å². The van der Waals surface area contributed by atoms with Crippen LogP contribution in [0.1, 0.15) is 0 Å². The molecule has 0 unspecified atom stereocenters. The topological polar surface area (TPSA) is 0 Å². The summed E-state index contributed by atoms with van der Waals surface area (Å²) < 4.78 is 2.45. The Kier molecular flexibility index (Phi) is 6.40. The second-order valence-corrected chi connectivity index (χ2v) is 3.92. The summed E-state index contributed by atoms with van der Waals surface area (Å²) in [6, 6.07) is 0. The van der Waals surface area contributed by atoms with E-state index in [0.717, 1.165) is 0 Å². The van der Waals surface area contributed by atoms with Crippen molar-refractivity contribution in [2.24, 2.45) is 0 Å². The van der Waals surface area contributed by atoms with Crippen molar-refractivity contribution in [3.05, 3.63) is 25.3 Å². The minimum absolute atomic E-state index is 0.389. The normalized spacial score (nSPS) is 8.57. The maximum absolute atomic E-state index is 3.63. The Balaban J connectivity index is 2.68. The van der Waals surface area contributed by atoms with Gasteiger partial charge in [0.2, 0.25) is 0 Å². The van der Waals surface area contributed by atoms with Crippen LogP contribution in [0.3, 0.4) is 0 Å². The van der Waals surface area contributed by atoms with Gasteiger partial charge in [-0.15, -0.1) is 0 Å². The van der Waals surface area contributed by atoms with Crippen molar-refractivity contribution in [3.63, 3.8) is 0 Å². The first-order valence-corrected chi connectivity index (χ1v) is 5.22. The molecule has 0 bridgehead atoms. The number of hydrogen-bond acceptors (Lipinski definition) is 0. The average molecular weight is 209 g/mol. The summed E-state index contributed by atoms with van der Waals surface area (Å²) in [5.74, 6) is 0. The SMILES string of the molecule is C=CC[I-]CC=C. The summed E-state index contributed by atoms with van der Waals surface area (Å²) in [4.78, 5) is 0. The molecule has 0 nitrogen and oxygen atoms in total. The van der Waals surface area contributed by atoms with Crippen LogP contribution < -0.4 is 21.2 Å². The maximum atomic E-state index is 3.63. The van der Waals surface area contributed by atoms with Crippen molar-refractivity contribution in [1.29, 1.82) is 0 Å². The molecule has 0 spiro atoms. The van der Waals surface area contributed by atoms with Gasteiger partial charge in [-0.05, 0) is 0 Å². The van der Waals surface area contributed by atoms with Crippen LogP contribution in [-0.4, -0.2) is 8.86 Å². The molecule has 0 aliphatic heterocycles. The van der Waals surface area contributed by atoms with E-state index in [-0.39, 0.29) is 0 Å². The molecule has 0 atom stereocenters. The monoisotopic (exact) mass is 209 g/mol. The summed E-state index contributed by atoms with van der Waals surface area (Å²) in [5.41, 5.74) is 0. The van der Waals surface area contributed by atoms with Gasteiger partial charge in [-0.25, -0.2) is 0 Å². The van der Waals surface area contributed by atoms with Crippen LogP contribution in [0.15, 0.2) is 25.3 Å². The first kappa shape index (κ1) is 7.21. The van der Waals surface area contributed by atoms with Crippen molar-refractivity contribution in [2.75, 3.05) is 8.86 Å². The van der Waals surface area contributed by atoms with Crippen LogP contribution in [0.5, 0.6) is 0 Å². The zero-order valence-electron chi connectivity index (χ0n) is 4.36. The van der Waals surface area contributed by atoms with E-state index in [4.69, 9.17) is 0 Å². The van der Waals surface area contributed by atoms with Gasteiger partial charge in [0.15, 0.2) is 0 Å². The minimum atomic E-state index is 0.389. The molecule has 42 valence electrons. The van der Waals surface area contributed by atoms with Gasteiger partial charge in [0, 0.05) is 0 Å². The van der Waals surface area contributed by atoms with Crippen molar-refractivity contribution in [1.82, 2.24) is 0 Å². The Morgan fingerprint density at radius 2 is 1.57 bits per heavy atom. The van der Waals surface area contributed by atoms with Crippen LogP contribution in [-0.2, 0) is 0 Å². The fraction of sp³-hybridized carbons (Fsp3) is 0.333. The summed E-state index contributed by atoms with van der Waals surface area (Å²) >= 11 is 0.389. The van der Waals surface area contributed by atoms with E-state index in [2.05, 4.69) is 13.2 Å². The zero-order chi connectivity index (χ0) is 5.54. The Labute approximate surface area is 55.6 Å².